The van der Waals surface area contributed by atoms with Gasteiger partial charge in [0, 0.05) is 20.3 Å². The smallest absolute Gasteiger partial charge is 0.416 e. The Morgan fingerprint density at radius 1 is 1.25 bits per heavy atom. The molecule has 1 amide bonds. The lowest BCUT2D eigenvalue weighted by atomic mass is 10.1. The average molecular weight is 339 g/mol. The summed E-state index contributed by atoms with van der Waals surface area (Å²) in [5.74, 6) is -0.518. The van der Waals surface area contributed by atoms with E-state index >= 15 is 0 Å². The van der Waals surface area contributed by atoms with Gasteiger partial charge in [-0.05, 0) is 30.3 Å². The highest BCUT2D eigenvalue weighted by atomic mass is 19.4. The van der Waals surface area contributed by atoms with E-state index in [1.807, 2.05) is 0 Å². The highest BCUT2D eigenvalue weighted by molar-refractivity contribution is 6.07. The monoisotopic (exact) mass is 339 g/mol. The number of halogens is 3. The van der Waals surface area contributed by atoms with Gasteiger partial charge in [-0.15, -0.1) is 0 Å². The summed E-state index contributed by atoms with van der Waals surface area (Å²) in [6, 6.07) is 6.19. The van der Waals surface area contributed by atoms with Crippen LogP contribution < -0.4 is 15.0 Å². The molecule has 0 saturated heterocycles. The largest absolute Gasteiger partial charge is 0.480 e. The summed E-state index contributed by atoms with van der Waals surface area (Å²) in [6.45, 7) is 0. The van der Waals surface area contributed by atoms with Gasteiger partial charge in [0.1, 0.15) is 5.56 Å². The molecule has 2 rings (SSSR count). The first-order valence-corrected chi connectivity index (χ1v) is 6.93. The summed E-state index contributed by atoms with van der Waals surface area (Å²) in [5, 5.41) is 2.49. The van der Waals surface area contributed by atoms with Crippen LogP contribution in [0.4, 0.5) is 24.5 Å². The Labute approximate surface area is 137 Å². The highest BCUT2D eigenvalue weighted by Crippen LogP contribution is 2.35. The maximum absolute atomic E-state index is 12.9. The maximum atomic E-state index is 12.9. The molecule has 8 heteroatoms. The number of hydrogen-bond donors (Lipinski definition) is 1. The van der Waals surface area contributed by atoms with Crippen molar-refractivity contribution in [3.63, 3.8) is 0 Å². The van der Waals surface area contributed by atoms with Crippen LogP contribution in [0.1, 0.15) is 15.9 Å². The van der Waals surface area contributed by atoms with Crippen molar-refractivity contribution in [2.75, 3.05) is 31.4 Å². The fraction of sp³-hybridized carbons (Fsp3) is 0.250. The molecule has 1 heterocycles. The molecule has 0 aliphatic carbocycles. The van der Waals surface area contributed by atoms with Crippen LogP contribution in [-0.2, 0) is 6.18 Å². The van der Waals surface area contributed by atoms with Gasteiger partial charge in [0.15, 0.2) is 0 Å². The number of hydrogen-bond acceptors (Lipinski definition) is 4. The SMILES string of the molecule is COc1ncccc1C(=O)Nc1cc(C(F)(F)F)ccc1N(C)C. The van der Waals surface area contributed by atoms with Crippen LogP contribution in [0.15, 0.2) is 36.5 Å². The fourth-order valence-electron chi connectivity index (χ4n) is 2.12. The third-order valence-electron chi connectivity index (χ3n) is 3.26. The standard InChI is InChI=1S/C16H16F3N3O2/c1-22(2)13-7-6-10(16(17,18)19)9-12(13)21-14(23)11-5-4-8-20-15(11)24-3/h4-9H,1-3H3,(H,21,23). The minimum Gasteiger partial charge on any atom is -0.480 e. The van der Waals surface area contributed by atoms with Gasteiger partial charge in [-0.3, -0.25) is 4.79 Å². The third-order valence-corrected chi connectivity index (χ3v) is 3.26. The Hall–Kier alpha value is -2.77. The van der Waals surface area contributed by atoms with Gasteiger partial charge >= 0.3 is 6.18 Å². The summed E-state index contributed by atoms with van der Waals surface area (Å²) >= 11 is 0. The number of alkyl halides is 3. The number of rotatable bonds is 4. The minimum absolute atomic E-state index is 0.0470. The number of nitrogens with one attached hydrogen (secondary N) is 1. The molecular weight excluding hydrogens is 323 g/mol. The van der Waals surface area contributed by atoms with Crippen LogP contribution in [0.5, 0.6) is 5.88 Å². The van der Waals surface area contributed by atoms with E-state index in [2.05, 4.69) is 10.3 Å². The zero-order valence-electron chi connectivity index (χ0n) is 13.3. The first-order valence-electron chi connectivity index (χ1n) is 6.93. The molecule has 128 valence electrons. The molecule has 0 aliphatic rings. The average Bonchev–Trinajstić information content (AvgIpc) is 2.53. The van der Waals surface area contributed by atoms with Gasteiger partial charge < -0.3 is 15.0 Å². The lowest BCUT2D eigenvalue weighted by Crippen LogP contribution is -2.18. The molecule has 0 spiro atoms. The summed E-state index contributed by atoms with van der Waals surface area (Å²) < 4.78 is 43.8. The number of aromatic nitrogens is 1. The first kappa shape index (κ1) is 17.6. The molecule has 1 aromatic heterocycles. The number of nitrogens with zero attached hydrogens (tertiary/aromatic N) is 2. The number of amides is 1. The number of methoxy groups -OCH3 is 1. The lowest BCUT2D eigenvalue weighted by Gasteiger charge is -2.20. The van der Waals surface area contributed by atoms with E-state index in [0.717, 1.165) is 12.1 Å². The Balaban J connectivity index is 2.41. The molecular formula is C16H16F3N3O2. The van der Waals surface area contributed by atoms with Gasteiger partial charge in [0.25, 0.3) is 5.91 Å². The Morgan fingerprint density at radius 3 is 2.54 bits per heavy atom. The number of ether oxygens (including phenoxy) is 1. The van der Waals surface area contributed by atoms with Crippen LogP contribution in [0.25, 0.3) is 0 Å². The minimum atomic E-state index is -4.50. The van der Waals surface area contributed by atoms with Gasteiger partial charge in [0.2, 0.25) is 5.88 Å². The van der Waals surface area contributed by atoms with Crippen molar-refractivity contribution in [3.8, 4) is 5.88 Å². The normalized spacial score (nSPS) is 11.1. The van der Waals surface area contributed by atoms with Gasteiger partial charge in [0.05, 0.1) is 24.0 Å². The number of carbonyl (C=O) groups is 1. The van der Waals surface area contributed by atoms with Crippen molar-refractivity contribution < 1.29 is 22.7 Å². The Morgan fingerprint density at radius 2 is 1.96 bits per heavy atom. The highest BCUT2D eigenvalue weighted by Gasteiger charge is 2.31. The third kappa shape index (κ3) is 3.76. The van der Waals surface area contributed by atoms with E-state index in [4.69, 9.17) is 4.74 Å². The Bertz CT molecular complexity index is 746. The summed E-state index contributed by atoms with van der Waals surface area (Å²) in [7, 11) is 4.69. The summed E-state index contributed by atoms with van der Waals surface area (Å²) in [4.78, 5) is 17.9. The molecule has 1 N–H and O–H groups in total. The molecule has 24 heavy (non-hydrogen) atoms. The van der Waals surface area contributed by atoms with Crippen molar-refractivity contribution in [2.24, 2.45) is 0 Å². The number of benzene rings is 1. The van der Waals surface area contributed by atoms with E-state index in [1.54, 1.807) is 19.0 Å². The number of anilines is 2. The Kier molecular flexibility index (Phi) is 4.96. The predicted molar refractivity (Wildman–Crippen MR) is 84.5 cm³/mol. The fourth-order valence-corrected chi connectivity index (χ4v) is 2.12. The molecule has 0 bridgehead atoms. The molecule has 0 fully saturated rings. The summed E-state index contributed by atoms with van der Waals surface area (Å²) in [6.07, 6.45) is -3.05. The van der Waals surface area contributed by atoms with E-state index < -0.39 is 17.6 Å². The molecule has 0 saturated carbocycles. The van der Waals surface area contributed by atoms with Crippen LogP contribution in [0.2, 0.25) is 0 Å². The maximum Gasteiger partial charge on any atom is 0.416 e. The molecule has 0 aliphatic heterocycles. The second-order valence-electron chi connectivity index (χ2n) is 5.14. The number of pyridine rings is 1. The molecule has 0 atom stereocenters. The van der Waals surface area contributed by atoms with Crippen LogP contribution in [0.3, 0.4) is 0 Å². The van der Waals surface area contributed by atoms with Gasteiger partial charge in [-0.1, -0.05) is 0 Å². The van der Waals surface area contributed by atoms with Crippen LogP contribution in [0, 0.1) is 0 Å². The zero-order valence-corrected chi connectivity index (χ0v) is 13.3. The van der Waals surface area contributed by atoms with Crippen molar-refractivity contribution in [1.82, 2.24) is 4.98 Å². The summed E-state index contributed by atoms with van der Waals surface area (Å²) in [5.41, 5.74) is -0.228. The number of carbonyl (C=O) groups excluding carboxylic acids is 1. The second kappa shape index (κ2) is 6.77. The van der Waals surface area contributed by atoms with Crippen LogP contribution >= 0.6 is 0 Å². The molecule has 0 unspecified atom stereocenters. The van der Waals surface area contributed by atoms with Crippen molar-refractivity contribution >= 4 is 17.3 Å². The quantitative estimate of drug-likeness (QED) is 0.927. The van der Waals surface area contributed by atoms with Gasteiger partial charge in [-0.2, -0.15) is 13.2 Å². The molecule has 2 aromatic rings. The van der Waals surface area contributed by atoms with Crippen molar-refractivity contribution in [1.29, 1.82) is 0 Å². The van der Waals surface area contributed by atoms with Crippen molar-refractivity contribution in [2.45, 2.75) is 6.18 Å². The van der Waals surface area contributed by atoms with Gasteiger partial charge in [-0.25, -0.2) is 4.98 Å². The van der Waals surface area contributed by atoms with E-state index in [-0.39, 0.29) is 17.1 Å². The zero-order chi connectivity index (χ0) is 17.9. The van der Waals surface area contributed by atoms with E-state index in [1.165, 1.54) is 31.5 Å². The topological polar surface area (TPSA) is 54.5 Å². The molecule has 1 aromatic carbocycles. The molecule has 0 radical (unpaired) electrons. The lowest BCUT2D eigenvalue weighted by molar-refractivity contribution is -0.137. The first-order chi connectivity index (χ1) is 11.2. The molecule has 5 nitrogen and oxygen atoms in total. The van der Waals surface area contributed by atoms with E-state index in [0.29, 0.717) is 5.69 Å². The van der Waals surface area contributed by atoms with Crippen molar-refractivity contribution in [3.05, 3.63) is 47.7 Å². The van der Waals surface area contributed by atoms with E-state index in [9.17, 15) is 18.0 Å². The predicted octanol–water partition coefficient (Wildman–Crippen LogP) is 3.43. The van der Waals surface area contributed by atoms with Crippen LogP contribution in [-0.4, -0.2) is 32.1 Å². The second-order valence-corrected chi connectivity index (χ2v) is 5.14.